The van der Waals surface area contributed by atoms with Crippen LogP contribution in [0.3, 0.4) is 0 Å². The monoisotopic (exact) mass is 828 g/mol. The van der Waals surface area contributed by atoms with Crippen LogP contribution in [0.25, 0.3) is 11.1 Å². The second-order valence-corrected chi connectivity index (χ2v) is 15.1. The predicted octanol–water partition coefficient (Wildman–Crippen LogP) is 13.6. The van der Waals surface area contributed by atoms with Crippen LogP contribution in [0.5, 0.6) is 0 Å². The van der Waals surface area contributed by atoms with Gasteiger partial charge in [0.2, 0.25) is 0 Å². The minimum Gasteiger partial charge on any atom is -0.521 e. The van der Waals surface area contributed by atoms with Gasteiger partial charge in [-0.25, -0.2) is 12.1 Å². The first-order chi connectivity index (χ1) is 23.5. The molecule has 1 aliphatic carbocycles. The molecule has 0 nitrogen and oxygen atoms in total. The Kier molecular flexibility index (Phi) is 18.1. The van der Waals surface area contributed by atoms with Crippen LogP contribution in [0.15, 0.2) is 116 Å². The zero-order valence-electron chi connectivity index (χ0n) is 32.2. The van der Waals surface area contributed by atoms with Gasteiger partial charge in [0, 0.05) is 0 Å². The Hall–Kier alpha value is -3.29. The molecule has 0 spiro atoms. The molecular formula is C49H60Hf. The molecule has 1 heteroatoms. The molecule has 0 aliphatic heterocycles. The maximum atomic E-state index is 4.25. The van der Waals surface area contributed by atoms with Gasteiger partial charge in [0.15, 0.2) is 0 Å². The molecule has 0 N–H and O–H groups in total. The van der Waals surface area contributed by atoms with Gasteiger partial charge in [-0.05, 0) is 54.1 Å². The standard InChI is InChI=1S/C21H25.C21H27.C5H5.C2H3.Hf/c1-20(2,3)16-7-9-18-14(12-16)11-15-13-17(21(4,5)6)8-10-19(15)18;1-3-5-7-18-9-13-20(14-10-18)17-21-15-11-19(12-16-21)8-6-4-2;1-2-4-5-3-1;1-2;/h7-10,12H,11H2,1-6H3;9-17H,3-8H2,1-2H3;1-5H;1H,2H2;/q4*-1;+4. The molecule has 0 atom stereocenters. The van der Waals surface area contributed by atoms with E-state index in [1.165, 1.54) is 94.2 Å². The summed E-state index contributed by atoms with van der Waals surface area (Å²) in [7, 11) is 0. The fraction of sp³-hybridized carbons (Fsp3) is 0.347. The summed E-state index contributed by atoms with van der Waals surface area (Å²) in [6.07, 6.45) is 10.8. The number of aryl methyl sites for hydroxylation is 2. The smallest absolute Gasteiger partial charge is 0.521 e. The minimum absolute atomic E-state index is 0. The number of fused-ring (bicyclic) bond motifs is 3. The van der Waals surface area contributed by atoms with Crippen LogP contribution >= 0.6 is 0 Å². The normalized spacial score (nSPS) is 11.2. The van der Waals surface area contributed by atoms with E-state index in [0.717, 1.165) is 6.42 Å². The quantitative estimate of drug-likeness (QED) is 0.106. The van der Waals surface area contributed by atoms with Crippen molar-refractivity contribution in [3.8, 4) is 11.1 Å². The van der Waals surface area contributed by atoms with E-state index < -0.39 is 0 Å². The Morgan fingerprint density at radius 1 is 0.680 bits per heavy atom. The second-order valence-electron chi connectivity index (χ2n) is 15.1. The third-order valence-corrected chi connectivity index (χ3v) is 8.95. The van der Waals surface area contributed by atoms with Gasteiger partial charge in [0.05, 0.1) is 0 Å². The van der Waals surface area contributed by atoms with Crippen LogP contribution in [0.2, 0.25) is 0 Å². The molecule has 50 heavy (non-hydrogen) atoms. The van der Waals surface area contributed by atoms with Gasteiger partial charge in [0.25, 0.3) is 0 Å². The number of unbranched alkanes of at least 4 members (excludes halogenated alkanes) is 2. The van der Waals surface area contributed by atoms with Crippen molar-refractivity contribution < 1.29 is 25.8 Å². The number of rotatable bonds is 8. The average Bonchev–Trinajstić information content (AvgIpc) is 3.80. The van der Waals surface area contributed by atoms with Gasteiger partial charge in [-0.2, -0.15) is 42.0 Å². The average molecular weight is 828 g/mol. The molecule has 6 rings (SSSR count). The minimum atomic E-state index is 0. The van der Waals surface area contributed by atoms with Crippen LogP contribution in [0.1, 0.15) is 126 Å². The van der Waals surface area contributed by atoms with Crippen molar-refractivity contribution in [1.82, 2.24) is 0 Å². The van der Waals surface area contributed by atoms with Gasteiger partial charge in [-0.15, -0.1) is 52.9 Å². The summed E-state index contributed by atoms with van der Waals surface area (Å²) in [5.41, 5.74) is 14.2. The summed E-state index contributed by atoms with van der Waals surface area (Å²) in [6, 6.07) is 43.1. The van der Waals surface area contributed by atoms with E-state index in [1.54, 1.807) is 0 Å². The first-order valence-corrected chi connectivity index (χ1v) is 18.3. The summed E-state index contributed by atoms with van der Waals surface area (Å²) in [5.74, 6) is 0. The molecular weight excluding hydrogens is 767 g/mol. The number of hydrogen-bond acceptors (Lipinski definition) is 0. The largest absolute Gasteiger partial charge is 4.00 e. The third kappa shape index (κ3) is 13.4. The van der Waals surface area contributed by atoms with E-state index in [9.17, 15) is 0 Å². The van der Waals surface area contributed by atoms with Crippen LogP contribution in [-0.4, -0.2) is 0 Å². The first-order valence-electron chi connectivity index (χ1n) is 18.3. The van der Waals surface area contributed by atoms with Crippen molar-refractivity contribution in [2.45, 2.75) is 111 Å². The van der Waals surface area contributed by atoms with Crippen LogP contribution in [-0.2, 0) is 55.9 Å². The Labute approximate surface area is 325 Å². The van der Waals surface area contributed by atoms with Gasteiger partial charge < -0.3 is 6.58 Å². The molecule has 0 saturated heterocycles. The van der Waals surface area contributed by atoms with Gasteiger partial charge >= 0.3 is 25.8 Å². The summed E-state index contributed by atoms with van der Waals surface area (Å²) in [5, 5.41) is 0. The molecule has 0 saturated carbocycles. The molecule has 0 unspecified atom stereocenters. The van der Waals surface area contributed by atoms with E-state index in [0.29, 0.717) is 0 Å². The van der Waals surface area contributed by atoms with Crippen molar-refractivity contribution >= 4 is 0 Å². The first kappa shape index (κ1) is 42.9. The Morgan fingerprint density at radius 2 is 1.18 bits per heavy atom. The van der Waals surface area contributed by atoms with Gasteiger partial charge in [-0.3, -0.25) is 6.58 Å². The Morgan fingerprint density at radius 3 is 1.60 bits per heavy atom. The zero-order valence-corrected chi connectivity index (χ0v) is 35.8. The van der Waals surface area contributed by atoms with Crippen molar-refractivity contribution in [2.75, 3.05) is 0 Å². The van der Waals surface area contributed by atoms with Crippen molar-refractivity contribution in [3.05, 3.63) is 179 Å². The second kappa shape index (κ2) is 21.2. The fourth-order valence-electron chi connectivity index (χ4n) is 5.86. The van der Waals surface area contributed by atoms with Crippen molar-refractivity contribution in [1.29, 1.82) is 0 Å². The van der Waals surface area contributed by atoms with E-state index in [-0.39, 0.29) is 36.7 Å². The molecule has 260 valence electrons. The Balaban J connectivity index is 0.000000286. The van der Waals surface area contributed by atoms with Crippen LogP contribution in [0.4, 0.5) is 0 Å². The molecule has 0 radical (unpaired) electrons. The molecule has 5 aromatic carbocycles. The van der Waals surface area contributed by atoms with E-state index >= 15 is 0 Å². The molecule has 1 aliphatic rings. The molecule has 0 aromatic heterocycles. The predicted molar refractivity (Wildman–Crippen MR) is 215 cm³/mol. The maximum absolute atomic E-state index is 4.25. The molecule has 0 amide bonds. The molecule has 0 heterocycles. The van der Waals surface area contributed by atoms with Crippen LogP contribution < -0.4 is 0 Å². The topological polar surface area (TPSA) is 0 Å². The van der Waals surface area contributed by atoms with Crippen LogP contribution in [0, 0.1) is 19.1 Å². The molecule has 5 aromatic rings. The fourth-order valence-corrected chi connectivity index (χ4v) is 5.86. The SMILES string of the molecule is CC(C)(C)c1[c-]c2c(cc1)-c1ccc(C(C)(C)C)cc1C2.CCCCc1ccc([CH-]c2ccc(CCCC)cc2)cc1.[CH-]=C.[Hf+4].c1cc[cH-]c1. The summed E-state index contributed by atoms with van der Waals surface area (Å²) in [4.78, 5) is 0. The van der Waals surface area contributed by atoms with Gasteiger partial charge in [-0.1, -0.05) is 127 Å². The summed E-state index contributed by atoms with van der Waals surface area (Å²) >= 11 is 0. The van der Waals surface area contributed by atoms with E-state index in [2.05, 4.69) is 160 Å². The maximum Gasteiger partial charge on any atom is 4.00 e. The Bertz CT molecular complexity index is 1510. The van der Waals surface area contributed by atoms with E-state index in [4.69, 9.17) is 0 Å². The number of hydrogen-bond donors (Lipinski definition) is 0. The molecule has 0 fully saturated rings. The summed E-state index contributed by atoms with van der Waals surface area (Å²) < 4.78 is 0. The van der Waals surface area contributed by atoms with E-state index in [1.807, 2.05) is 30.3 Å². The summed E-state index contributed by atoms with van der Waals surface area (Å²) in [6.45, 7) is 25.1. The van der Waals surface area contributed by atoms with Crippen molar-refractivity contribution in [2.24, 2.45) is 0 Å². The van der Waals surface area contributed by atoms with Gasteiger partial charge in [0.1, 0.15) is 0 Å². The van der Waals surface area contributed by atoms with Crippen molar-refractivity contribution in [3.63, 3.8) is 0 Å². The number of benzene rings is 4. The molecule has 0 bridgehead atoms. The zero-order chi connectivity index (χ0) is 35.9. The third-order valence-electron chi connectivity index (χ3n) is 8.95.